The lowest BCUT2D eigenvalue weighted by Crippen LogP contribution is -2.20. The summed E-state index contributed by atoms with van der Waals surface area (Å²) in [6, 6.07) is 6.31. The third kappa shape index (κ3) is 8.02. The maximum Gasteiger partial charge on any atom is 0.0840 e. The van der Waals surface area contributed by atoms with Crippen molar-refractivity contribution in [3.8, 4) is 11.8 Å². The van der Waals surface area contributed by atoms with Gasteiger partial charge in [0.15, 0.2) is 0 Å². The first-order valence-corrected chi connectivity index (χ1v) is 8.17. The molecule has 1 rings (SSSR count). The zero-order chi connectivity index (χ0) is 17.7. The fourth-order valence-corrected chi connectivity index (χ4v) is 2.23. The molecule has 0 saturated carbocycles. The lowest BCUT2D eigenvalue weighted by molar-refractivity contribution is 0.0784. The van der Waals surface area contributed by atoms with Crippen molar-refractivity contribution < 1.29 is 5.11 Å². The van der Waals surface area contributed by atoms with Crippen molar-refractivity contribution in [2.24, 2.45) is 5.41 Å². The quantitative estimate of drug-likeness (QED) is 0.821. The van der Waals surface area contributed by atoms with Gasteiger partial charge in [-0.3, -0.25) is 4.90 Å². The Morgan fingerprint density at radius 2 is 1.78 bits per heavy atom. The van der Waals surface area contributed by atoms with Crippen LogP contribution >= 0.6 is 0 Å². The first kappa shape index (κ1) is 19.5. The molecule has 23 heavy (non-hydrogen) atoms. The Morgan fingerprint density at radius 1 is 1.13 bits per heavy atom. The van der Waals surface area contributed by atoms with Crippen LogP contribution in [0.25, 0.3) is 0 Å². The molecule has 126 valence electrons. The van der Waals surface area contributed by atoms with E-state index in [0.717, 1.165) is 18.7 Å². The third-order valence-electron chi connectivity index (χ3n) is 3.36. The van der Waals surface area contributed by atoms with Crippen molar-refractivity contribution in [1.82, 2.24) is 4.90 Å². The second-order valence-electron chi connectivity index (χ2n) is 7.88. The maximum atomic E-state index is 10.2. The smallest absolute Gasteiger partial charge is 0.0840 e. The van der Waals surface area contributed by atoms with Crippen molar-refractivity contribution in [3.05, 3.63) is 47.0 Å². The fourth-order valence-electron chi connectivity index (χ4n) is 2.23. The van der Waals surface area contributed by atoms with Crippen LogP contribution in [0.15, 0.2) is 30.4 Å². The van der Waals surface area contributed by atoms with Crippen LogP contribution in [0.1, 0.15) is 51.3 Å². The molecule has 0 saturated heterocycles. The molecule has 0 fully saturated rings. The van der Waals surface area contributed by atoms with Crippen molar-refractivity contribution in [2.75, 3.05) is 13.6 Å². The van der Waals surface area contributed by atoms with Gasteiger partial charge in [-0.05, 0) is 65.8 Å². The number of rotatable bonds is 5. The van der Waals surface area contributed by atoms with Gasteiger partial charge in [-0.15, -0.1) is 0 Å². The van der Waals surface area contributed by atoms with Crippen molar-refractivity contribution in [1.29, 1.82) is 0 Å². The zero-order valence-corrected chi connectivity index (χ0v) is 15.7. The highest BCUT2D eigenvalue weighted by atomic mass is 16.3. The minimum Gasteiger partial charge on any atom is -0.386 e. The summed E-state index contributed by atoms with van der Waals surface area (Å²) in [6.45, 7) is 13.7. The molecule has 0 aliphatic heterocycles. The van der Waals surface area contributed by atoms with E-state index in [9.17, 15) is 5.11 Å². The Kier molecular flexibility index (Phi) is 6.62. The summed E-state index contributed by atoms with van der Waals surface area (Å²) >= 11 is 0. The molecule has 0 aliphatic carbocycles. The average Bonchev–Trinajstić information content (AvgIpc) is 2.35. The summed E-state index contributed by atoms with van der Waals surface area (Å²) in [5.41, 5.74) is 2.61. The topological polar surface area (TPSA) is 23.5 Å². The monoisotopic (exact) mass is 313 g/mol. The van der Waals surface area contributed by atoms with Gasteiger partial charge in [0.05, 0.1) is 5.60 Å². The predicted molar refractivity (Wildman–Crippen MR) is 99.1 cm³/mol. The number of hydrogen-bond donors (Lipinski definition) is 1. The number of allylic oxidation sites excluding steroid dienone is 1. The van der Waals surface area contributed by atoms with Crippen LogP contribution in [0, 0.1) is 24.2 Å². The SMILES string of the molecule is Cc1cc(CN(C)CC=CC#CC(C)(C)C)cc(C(C)(C)O)c1. The van der Waals surface area contributed by atoms with Crippen LogP contribution in [0.4, 0.5) is 0 Å². The zero-order valence-electron chi connectivity index (χ0n) is 15.7. The number of benzene rings is 1. The van der Waals surface area contributed by atoms with Crippen molar-refractivity contribution >= 4 is 0 Å². The predicted octanol–water partition coefficient (Wildman–Crippen LogP) is 4.26. The van der Waals surface area contributed by atoms with Crippen molar-refractivity contribution in [2.45, 2.75) is 53.7 Å². The molecule has 0 aromatic heterocycles. The van der Waals surface area contributed by atoms with Crippen LogP contribution in [0.3, 0.4) is 0 Å². The van der Waals surface area contributed by atoms with E-state index in [1.807, 2.05) is 26.0 Å². The number of likely N-dealkylation sites (N-methyl/N-ethyl adjacent to an activating group) is 1. The van der Waals surface area contributed by atoms with Crippen LogP contribution in [0.2, 0.25) is 0 Å². The summed E-state index contributed by atoms with van der Waals surface area (Å²) in [7, 11) is 2.09. The van der Waals surface area contributed by atoms with Gasteiger partial charge in [0.2, 0.25) is 0 Å². The molecule has 0 radical (unpaired) electrons. The van der Waals surface area contributed by atoms with Crippen LogP contribution in [-0.2, 0) is 12.1 Å². The Morgan fingerprint density at radius 3 is 2.35 bits per heavy atom. The van der Waals surface area contributed by atoms with Crippen molar-refractivity contribution in [3.63, 3.8) is 0 Å². The van der Waals surface area contributed by atoms with E-state index in [1.54, 1.807) is 0 Å². The lowest BCUT2D eigenvalue weighted by atomic mass is 9.94. The van der Waals surface area contributed by atoms with Crippen LogP contribution in [-0.4, -0.2) is 23.6 Å². The molecule has 0 heterocycles. The largest absolute Gasteiger partial charge is 0.386 e. The second-order valence-corrected chi connectivity index (χ2v) is 7.88. The van der Waals surface area contributed by atoms with E-state index in [0.29, 0.717) is 0 Å². The first-order valence-electron chi connectivity index (χ1n) is 8.17. The van der Waals surface area contributed by atoms with E-state index in [-0.39, 0.29) is 5.41 Å². The molecule has 2 nitrogen and oxygen atoms in total. The molecule has 2 heteroatoms. The number of aryl methyl sites for hydroxylation is 1. The standard InChI is InChI=1S/C21H31NO/c1-17-13-18(15-19(14-17)21(5,6)23)16-22(7)12-10-8-9-11-20(2,3)4/h8,10,13-15,23H,12,16H2,1-7H3. The van der Waals surface area contributed by atoms with Gasteiger partial charge in [-0.1, -0.05) is 41.7 Å². The molecule has 1 aromatic carbocycles. The molecule has 0 atom stereocenters. The molecule has 1 aromatic rings. The minimum absolute atomic E-state index is 0.0469. The maximum absolute atomic E-state index is 10.2. The molecular weight excluding hydrogens is 282 g/mol. The lowest BCUT2D eigenvalue weighted by Gasteiger charge is -2.21. The Balaban J connectivity index is 2.67. The van der Waals surface area contributed by atoms with Gasteiger partial charge in [0.1, 0.15) is 0 Å². The van der Waals surface area contributed by atoms with E-state index >= 15 is 0 Å². The van der Waals surface area contributed by atoms with Gasteiger partial charge in [0.25, 0.3) is 0 Å². The summed E-state index contributed by atoms with van der Waals surface area (Å²) in [6.07, 6.45) is 4.02. The van der Waals surface area contributed by atoms with Gasteiger partial charge in [0, 0.05) is 18.5 Å². The summed E-state index contributed by atoms with van der Waals surface area (Å²) in [5, 5.41) is 10.2. The third-order valence-corrected chi connectivity index (χ3v) is 3.36. The minimum atomic E-state index is -0.804. The summed E-state index contributed by atoms with van der Waals surface area (Å²) in [5.74, 6) is 6.29. The Hall–Kier alpha value is -1.56. The number of aliphatic hydroxyl groups is 1. The number of nitrogens with zero attached hydrogens (tertiary/aromatic N) is 1. The first-order chi connectivity index (χ1) is 10.5. The average molecular weight is 313 g/mol. The highest BCUT2D eigenvalue weighted by Gasteiger charge is 2.16. The number of hydrogen-bond acceptors (Lipinski definition) is 2. The highest BCUT2D eigenvalue weighted by molar-refractivity contribution is 5.32. The molecule has 0 amide bonds. The van der Waals surface area contributed by atoms with Gasteiger partial charge in [-0.25, -0.2) is 0 Å². The van der Waals surface area contributed by atoms with E-state index in [4.69, 9.17) is 0 Å². The van der Waals surface area contributed by atoms with Gasteiger partial charge in [-0.2, -0.15) is 0 Å². The van der Waals surface area contributed by atoms with E-state index in [1.165, 1.54) is 11.1 Å². The molecule has 0 unspecified atom stereocenters. The summed E-state index contributed by atoms with van der Waals surface area (Å²) < 4.78 is 0. The normalized spacial score (nSPS) is 12.6. The molecule has 0 spiro atoms. The summed E-state index contributed by atoms with van der Waals surface area (Å²) in [4.78, 5) is 2.23. The van der Waals surface area contributed by atoms with E-state index < -0.39 is 5.60 Å². The van der Waals surface area contributed by atoms with Gasteiger partial charge >= 0.3 is 0 Å². The molecular formula is C21H31NO. The Bertz CT molecular complexity index is 603. The second kappa shape index (κ2) is 7.81. The van der Waals surface area contributed by atoms with Gasteiger partial charge < -0.3 is 5.11 Å². The van der Waals surface area contributed by atoms with Crippen LogP contribution in [0.5, 0.6) is 0 Å². The highest BCUT2D eigenvalue weighted by Crippen LogP contribution is 2.22. The van der Waals surface area contributed by atoms with E-state index in [2.05, 4.69) is 69.7 Å². The van der Waals surface area contributed by atoms with Crippen LogP contribution < -0.4 is 0 Å². The fraction of sp³-hybridized carbons (Fsp3) is 0.524. The molecule has 1 N–H and O–H groups in total. The molecule has 0 aliphatic rings. The molecule has 0 bridgehead atoms. The Labute approximate surface area is 142 Å².